The van der Waals surface area contributed by atoms with Crippen molar-refractivity contribution < 1.29 is 18.3 Å². The number of carboxylic acids is 1. The minimum absolute atomic E-state index is 0.0791. The zero-order chi connectivity index (χ0) is 12.6. The molecule has 17 heavy (non-hydrogen) atoms. The highest BCUT2D eigenvalue weighted by Crippen LogP contribution is 2.23. The van der Waals surface area contributed by atoms with Gasteiger partial charge in [-0.25, -0.2) is 13.2 Å². The molecule has 1 N–H and O–H groups in total. The maximum Gasteiger partial charge on any atom is 0.354 e. The van der Waals surface area contributed by atoms with Gasteiger partial charge in [0.15, 0.2) is 9.84 Å². The first-order valence-electron chi connectivity index (χ1n) is 5.38. The van der Waals surface area contributed by atoms with Crippen LogP contribution in [0.5, 0.6) is 0 Å². The van der Waals surface area contributed by atoms with Gasteiger partial charge in [-0.15, -0.1) is 0 Å². The van der Waals surface area contributed by atoms with Gasteiger partial charge in [-0.05, 0) is 18.9 Å². The van der Waals surface area contributed by atoms with Gasteiger partial charge in [0, 0.05) is 13.5 Å². The summed E-state index contributed by atoms with van der Waals surface area (Å²) in [5, 5.41) is 12.5. The zero-order valence-corrected chi connectivity index (χ0v) is 10.3. The van der Waals surface area contributed by atoms with Crippen molar-refractivity contribution >= 4 is 15.8 Å². The molecule has 7 heteroatoms. The van der Waals surface area contributed by atoms with Crippen LogP contribution in [-0.4, -0.2) is 40.3 Å². The molecular formula is C10H14N2O4S. The summed E-state index contributed by atoms with van der Waals surface area (Å²) in [4.78, 5) is 10.8. The van der Waals surface area contributed by atoms with Crippen LogP contribution in [0.4, 0.5) is 0 Å². The minimum atomic E-state index is -3.01. The Balaban J connectivity index is 2.20. The highest BCUT2D eigenvalue weighted by molar-refractivity contribution is 7.92. The van der Waals surface area contributed by atoms with E-state index in [0.29, 0.717) is 25.0 Å². The Labute approximate surface area is 99.2 Å². The molecule has 1 saturated heterocycles. The van der Waals surface area contributed by atoms with Gasteiger partial charge in [0.25, 0.3) is 0 Å². The SMILES string of the molecule is Cn1nc(CC2CCCS2(=O)=O)cc1C(=O)O. The van der Waals surface area contributed by atoms with Gasteiger partial charge >= 0.3 is 5.97 Å². The minimum Gasteiger partial charge on any atom is -0.477 e. The van der Waals surface area contributed by atoms with E-state index in [2.05, 4.69) is 5.10 Å². The quantitative estimate of drug-likeness (QED) is 0.838. The number of aromatic carboxylic acids is 1. The third kappa shape index (κ3) is 2.33. The number of hydrogen-bond acceptors (Lipinski definition) is 4. The largest absolute Gasteiger partial charge is 0.477 e. The summed E-state index contributed by atoms with van der Waals surface area (Å²) in [5.41, 5.74) is 0.607. The second-order valence-corrected chi connectivity index (χ2v) is 6.69. The predicted molar refractivity (Wildman–Crippen MR) is 60.7 cm³/mol. The summed E-state index contributed by atoms with van der Waals surface area (Å²) in [6.45, 7) is 0. The molecule has 2 rings (SSSR count). The molecule has 94 valence electrons. The maximum absolute atomic E-state index is 11.6. The molecule has 0 aromatic carbocycles. The molecule has 1 atom stereocenters. The van der Waals surface area contributed by atoms with E-state index in [-0.39, 0.29) is 11.4 Å². The molecule has 0 bridgehead atoms. The van der Waals surface area contributed by atoms with Gasteiger partial charge in [0.1, 0.15) is 5.69 Å². The highest BCUT2D eigenvalue weighted by atomic mass is 32.2. The Kier molecular flexibility index (Phi) is 2.94. The first-order chi connectivity index (χ1) is 7.90. The Morgan fingerprint density at radius 3 is 2.82 bits per heavy atom. The molecule has 2 heterocycles. The monoisotopic (exact) mass is 258 g/mol. The fraction of sp³-hybridized carbons (Fsp3) is 0.600. The van der Waals surface area contributed by atoms with Crippen molar-refractivity contribution in [2.45, 2.75) is 24.5 Å². The predicted octanol–water partition coefficient (Wildman–Crippen LogP) is 0.238. The van der Waals surface area contributed by atoms with E-state index in [9.17, 15) is 13.2 Å². The second-order valence-electron chi connectivity index (χ2n) is 4.29. The van der Waals surface area contributed by atoms with E-state index in [4.69, 9.17) is 5.11 Å². The number of carboxylic acid groups (broad SMARTS) is 1. The first-order valence-corrected chi connectivity index (χ1v) is 7.09. The lowest BCUT2D eigenvalue weighted by molar-refractivity contribution is 0.0685. The van der Waals surface area contributed by atoms with Gasteiger partial charge in [-0.2, -0.15) is 5.10 Å². The molecule has 1 unspecified atom stereocenters. The Morgan fingerprint density at radius 2 is 2.35 bits per heavy atom. The van der Waals surface area contributed by atoms with Crippen molar-refractivity contribution in [2.75, 3.05) is 5.75 Å². The van der Waals surface area contributed by atoms with Gasteiger partial charge < -0.3 is 5.11 Å². The molecule has 0 spiro atoms. The lowest BCUT2D eigenvalue weighted by Gasteiger charge is -2.05. The number of aromatic nitrogens is 2. The van der Waals surface area contributed by atoms with Gasteiger partial charge in [0.05, 0.1) is 16.7 Å². The normalized spacial score (nSPS) is 22.8. The number of rotatable bonds is 3. The van der Waals surface area contributed by atoms with Crippen molar-refractivity contribution in [3.63, 3.8) is 0 Å². The lowest BCUT2D eigenvalue weighted by atomic mass is 10.1. The molecule has 1 aromatic heterocycles. The topological polar surface area (TPSA) is 89.3 Å². The van der Waals surface area contributed by atoms with E-state index in [1.807, 2.05) is 0 Å². The molecule has 0 amide bonds. The van der Waals surface area contributed by atoms with E-state index in [1.54, 1.807) is 0 Å². The fourth-order valence-electron chi connectivity index (χ4n) is 2.15. The van der Waals surface area contributed by atoms with Crippen LogP contribution in [-0.2, 0) is 23.3 Å². The van der Waals surface area contributed by atoms with Crippen LogP contribution in [0.3, 0.4) is 0 Å². The summed E-state index contributed by atoms with van der Waals surface area (Å²) >= 11 is 0. The maximum atomic E-state index is 11.6. The number of nitrogens with zero attached hydrogens (tertiary/aromatic N) is 2. The molecule has 1 fully saturated rings. The van der Waals surface area contributed by atoms with E-state index < -0.39 is 21.1 Å². The van der Waals surface area contributed by atoms with Crippen LogP contribution in [0.15, 0.2) is 6.07 Å². The molecule has 1 aliphatic rings. The Hall–Kier alpha value is -1.37. The summed E-state index contributed by atoms with van der Waals surface area (Å²) < 4.78 is 24.5. The van der Waals surface area contributed by atoms with Gasteiger partial charge in [-0.1, -0.05) is 0 Å². The van der Waals surface area contributed by atoms with Crippen molar-refractivity contribution in [1.29, 1.82) is 0 Å². The average Bonchev–Trinajstić information content (AvgIpc) is 2.72. The van der Waals surface area contributed by atoms with E-state index in [0.717, 1.165) is 0 Å². The molecular weight excluding hydrogens is 244 g/mol. The summed E-state index contributed by atoms with van der Waals surface area (Å²) in [6.07, 6.45) is 1.64. The summed E-state index contributed by atoms with van der Waals surface area (Å²) in [6, 6.07) is 1.44. The van der Waals surface area contributed by atoms with Crippen molar-refractivity contribution in [2.24, 2.45) is 7.05 Å². The number of aryl methyl sites for hydroxylation is 1. The third-order valence-corrected chi connectivity index (χ3v) is 5.32. The van der Waals surface area contributed by atoms with Crippen LogP contribution in [0.25, 0.3) is 0 Å². The standard InChI is InChI=1S/C10H14N2O4S/c1-12-9(10(13)14)6-7(11-12)5-8-3-2-4-17(8,15)16/h6,8H,2-5H2,1H3,(H,13,14). The van der Waals surface area contributed by atoms with Crippen LogP contribution in [0, 0.1) is 0 Å². The average molecular weight is 258 g/mol. The molecule has 1 aromatic rings. The van der Waals surface area contributed by atoms with Crippen LogP contribution in [0.1, 0.15) is 29.0 Å². The van der Waals surface area contributed by atoms with E-state index >= 15 is 0 Å². The summed E-state index contributed by atoms with van der Waals surface area (Å²) in [7, 11) is -1.47. The van der Waals surface area contributed by atoms with Crippen molar-refractivity contribution in [3.05, 3.63) is 17.5 Å². The number of hydrogen-bond donors (Lipinski definition) is 1. The fourth-order valence-corrected chi connectivity index (χ4v) is 4.00. The van der Waals surface area contributed by atoms with Crippen molar-refractivity contribution in [1.82, 2.24) is 9.78 Å². The smallest absolute Gasteiger partial charge is 0.354 e. The third-order valence-electron chi connectivity index (χ3n) is 3.05. The van der Waals surface area contributed by atoms with E-state index in [1.165, 1.54) is 17.8 Å². The molecule has 0 saturated carbocycles. The van der Waals surface area contributed by atoms with Crippen LogP contribution < -0.4 is 0 Å². The molecule has 0 aliphatic carbocycles. The zero-order valence-electron chi connectivity index (χ0n) is 9.46. The number of sulfone groups is 1. The first kappa shape index (κ1) is 12.1. The van der Waals surface area contributed by atoms with Crippen LogP contribution >= 0.6 is 0 Å². The second kappa shape index (κ2) is 4.14. The number of carbonyl (C=O) groups is 1. The van der Waals surface area contributed by atoms with Gasteiger partial charge in [-0.3, -0.25) is 4.68 Å². The van der Waals surface area contributed by atoms with Crippen molar-refractivity contribution in [3.8, 4) is 0 Å². The lowest BCUT2D eigenvalue weighted by Crippen LogP contribution is -2.18. The van der Waals surface area contributed by atoms with Crippen LogP contribution in [0.2, 0.25) is 0 Å². The highest BCUT2D eigenvalue weighted by Gasteiger charge is 2.32. The summed E-state index contributed by atoms with van der Waals surface area (Å²) in [5.74, 6) is -0.823. The Bertz CT molecular complexity index is 547. The Morgan fingerprint density at radius 1 is 1.65 bits per heavy atom. The van der Waals surface area contributed by atoms with Gasteiger partial charge in [0.2, 0.25) is 0 Å². The molecule has 0 radical (unpaired) electrons. The molecule has 1 aliphatic heterocycles. The molecule has 6 nitrogen and oxygen atoms in total.